The van der Waals surface area contributed by atoms with Crippen LogP contribution < -0.4 is 20.9 Å². The zero-order chi connectivity index (χ0) is 29.9. The first-order chi connectivity index (χ1) is 21.6. The van der Waals surface area contributed by atoms with Crippen molar-refractivity contribution in [1.82, 2.24) is 0 Å². The zero-order valence-corrected chi connectivity index (χ0v) is 26.6. The van der Waals surface area contributed by atoms with Crippen molar-refractivity contribution in [1.29, 1.82) is 0 Å². The van der Waals surface area contributed by atoms with E-state index in [1.54, 1.807) is 22.7 Å². The van der Waals surface area contributed by atoms with Crippen molar-refractivity contribution in [3.05, 3.63) is 151 Å². The molecule has 3 aliphatic rings. The van der Waals surface area contributed by atoms with Gasteiger partial charge in [-0.1, -0.05) is 126 Å². The van der Waals surface area contributed by atoms with E-state index in [0.29, 0.717) is 11.8 Å². The second-order valence-electron chi connectivity index (χ2n) is 11.4. The van der Waals surface area contributed by atoms with Crippen LogP contribution in [0.2, 0.25) is 0 Å². The van der Waals surface area contributed by atoms with Gasteiger partial charge in [-0.2, -0.15) is 0 Å². The molecule has 2 heterocycles. The van der Waals surface area contributed by atoms with E-state index < -0.39 is 0 Å². The van der Waals surface area contributed by atoms with Crippen molar-refractivity contribution < 1.29 is 0 Å². The number of rotatable bonds is 1. The molecular weight excluding hydrogens is 569 g/mol. The van der Waals surface area contributed by atoms with Gasteiger partial charge in [0.1, 0.15) is 0 Å². The molecule has 0 amide bonds. The summed E-state index contributed by atoms with van der Waals surface area (Å²) in [6.45, 7) is 4.37. The van der Waals surface area contributed by atoms with Crippen LogP contribution in [0.15, 0.2) is 120 Å². The highest BCUT2D eigenvalue weighted by atomic mass is 32.1. The van der Waals surface area contributed by atoms with Gasteiger partial charge in [-0.15, -0.1) is 22.7 Å². The van der Waals surface area contributed by atoms with E-state index in [4.69, 9.17) is 0 Å². The fourth-order valence-corrected chi connectivity index (χ4v) is 7.88. The topological polar surface area (TPSA) is 0 Å². The Morgan fingerprint density at radius 3 is 2.09 bits per heavy atom. The molecule has 0 spiro atoms. The lowest BCUT2D eigenvalue weighted by molar-refractivity contribution is 0.710. The summed E-state index contributed by atoms with van der Waals surface area (Å²) in [5.74, 6) is 14.8. The zero-order valence-electron chi connectivity index (χ0n) is 24.9. The fourth-order valence-electron chi connectivity index (χ4n) is 6.07. The highest BCUT2D eigenvalue weighted by molar-refractivity contribution is 7.22. The molecule has 44 heavy (non-hydrogen) atoms. The van der Waals surface area contributed by atoms with Crippen LogP contribution in [0.1, 0.15) is 36.4 Å². The summed E-state index contributed by atoms with van der Waals surface area (Å²) in [5, 5.41) is 4.95. The minimum Gasteiger partial charge on any atom is -0.126 e. The molecule has 2 aromatic heterocycles. The van der Waals surface area contributed by atoms with Crippen LogP contribution in [0.5, 0.6) is 0 Å². The molecule has 0 fully saturated rings. The predicted octanol–water partition coefficient (Wildman–Crippen LogP) is 7.50. The molecule has 2 unspecified atom stereocenters. The van der Waals surface area contributed by atoms with Gasteiger partial charge in [0.15, 0.2) is 0 Å². The molecule has 0 N–H and O–H groups in total. The fraction of sp³-hybridized carbons (Fsp3) is 0.143. The van der Waals surface area contributed by atoms with Gasteiger partial charge in [0.05, 0.1) is 9.75 Å². The molecule has 0 saturated heterocycles. The van der Waals surface area contributed by atoms with Gasteiger partial charge in [0, 0.05) is 32.7 Å². The SMILES string of the molecule is CC1=C/CC/C=C(C)/C(C#Cc2ccc(-c3ccc(C#CC4=c5ccccc5=CC5C=CC=CC45)s3)s2)=c2/cccc/c2=C/1. The van der Waals surface area contributed by atoms with Crippen LogP contribution in [0.4, 0.5) is 0 Å². The van der Waals surface area contributed by atoms with Crippen LogP contribution in [0.3, 0.4) is 0 Å². The third-order valence-electron chi connectivity index (χ3n) is 8.31. The summed E-state index contributed by atoms with van der Waals surface area (Å²) >= 11 is 3.51. The summed E-state index contributed by atoms with van der Waals surface area (Å²) in [6, 6.07) is 25.9. The molecular formula is C42H32S2. The lowest BCUT2D eigenvalue weighted by Gasteiger charge is -2.25. The maximum atomic E-state index is 3.59. The Kier molecular flexibility index (Phi) is 8.04. The third kappa shape index (κ3) is 5.93. The normalized spacial score (nSPS) is 22.9. The largest absolute Gasteiger partial charge is 0.126 e. The van der Waals surface area contributed by atoms with Gasteiger partial charge in [0.2, 0.25) is 0 Å². The first-order valence-corrected chi connectivity index (χ1v) is 16.8. The number of fused-ring (bicyclic) bond motifs is 3. The van der Waals surface area contributed by atoms with Crippen molar-refractivity contribution in [3.63, 3.8) is 0 Å². The van der Waals surface area contributed by atoms with Gasteiger partial charge in [0.25, 0.3) is 0 Å². The van der Waals surface area contributed by atoms with Crippen LogP contribution in [0.25, 0.3) is 33.1 Å². The van der Waals surface area contributed by atoms with E-state index in [-0.39, 0.29) is 0 Å². The maximum absolute atomic E-state index is 3.59. The summed E-state index contributed by atoms with van der Waals surface area (Å²) in [5.41, 5.74) is 4.87. The minimum atomic E-state index is 0.300. The average molecular weight is 601 g/mol. The minimum absolute atomic E-state index is 0.300. The molecule has 2 aromatic carbocycles. The summed E-state index contributed by atoms with van der Waals surface area (Å²) in [4.78, 5) is 4.63. The van der Waals surface area contributed by atoms with Crippen molar-refractivity contribution in [2.45, 2.75) is 26.7 Å². The van der Waals surface area contributed by atoms with E-state index in [1.807, 2.05) is 0 Å². The number of allylic oxidation sites excluding steroid dienone is 8. The third-order valence-corrected chi connectivity index (χ3v) is 10.5. The average Bonchev–Trinajstić information content (AvgIpc) is 3.72. The van der Waals surface area contributed by atoms with Crippen molar-refractivity contribution in [3.8, 4) is 33.4 Å². The van der Waals surface area contributed by atoms with E-state index in [0.717, 1.165) is 28.2 Å². The molecule has 2 atom stereocenters. The second-order valence-corrected chi connectivity index (χ2v) is 13.6. The number of benzene rings is 2. The highest BCUT2D eigenvalue weighted by Crippen LogP contribution is 2.34. The molecule has 212 valence electrons. The molecule has 4 aromatic rings. The lowest BCUT2D eigenvalue weighted by atomic mass is 9.78. The smallest absolute Gasteiger partial charge is 0.0779 e. The van der Waals surface area contributed by atoms with Gasteiger partial charge in [-0.25, -0.2) is 0 Å². The van der Waals surface area contributed by atoms with Crippen molar-refractivity contribution >= 4 is 46.0 Å². The van der Waals surface area contributed by atoms with Crippen molar-refractivity contribution in [2.24, 2.45) is 11.8 Å². The maximum Gasteiger partial charge on any atom is 0.0779 e. The number of hydrogen-bond donors (Lipinski definition) is 0. The first kappa shape index (κ1) is 28.2. The Morgan fingerprint density at radius 2 is 1.30 bits per heavy atom. The Balaban J connectivity index is 1.20. The molecule has 0 aliphatic heterocycles. The van der Waals surface area contributed by atoms with Crippen LogP contribution in [0, 0.1) is 35.5 Å². The van der Waals surface area contributed by atoms with Gasteiger partial charge in [-0.3, -0.25) is 0 Å². The van der Waals surface area contributed by atoms with Crippen molar-refractivity contribution in [2.75, 3.05) is 0 Å². The summed E-state index contributed by atoms with van der Waals surface area (Å²) in [7, 11) is 0. The standard InChI is InChI=1S/C42H32S2/c1-29-11-3-4-12-30(2)36(37-16-8-5-13-31(37)27-29)23-19-34-21-25-41(43-34)42-26-22-35(44-42)20-24-40-38-17-9-6-14-32(38)28-33-15-7-10-18-39(33)40/h5-18,21-22,25-28,32,38H,3-4H2,1-2H3/b29-11+,30-12+,31-27-,37-36-. The first-order valence-electron chi connectivity index (χ1n) is 15.2. The van der Waals surface area contributed by atoms with Crippen LogP contribution in [-0.4, -0.2) is 0 Å². The molecule has 3 aliphatic carbocycles. The Labute approximate surface area is 267 Å². The molecule has 0 nitrogen and oxygen atoms in total. The number of hydrogen-bond acceptors (Lipinski definition) is 2. The lowest BCUT2D eigenvalue weighted by Crippen LogP contribution is -2.35. The predicted molar refractivity (Wildman–Crippen MR) is 191 cm³/mol. The quantitative estimate of drug-likeness (QED) is 0.199. The van der Waals surface area contributed by atoms with Gasteiger partial charge >= 0.3 is 0 Å². The van der Waals surface area contributed by atoms with E-state index in [1.165, 1.54) is 47.3 Å². The van der Waals surface area contributed by atoms with E-state index in [2.05, 4.69) is 159 Å². The van der Waals surface area contributed by atoms with E-state index in [9.17, 15) is 0 Å². The summed E-state index contributed by atoms with van der Waals surface area (Å²) in [6.07, 6.45) is 20.2. The molecule has 0 saturated carbocycles. The second kappa shape index (κ2) is 12.6. The molecule has 2 heteroatoms. The van der Waals surface area contributed by atoms with Gasteiger partial charge in [-0.05, 0) is 77.4 Å². The molecule has 7 rings (SSSR count). The monoisotopic (exact) mass is 600 g/mol. The van der Waals surface area contributed by atoms with Crippen LogP contribution in [-0.2, 0) is 0 Å². The van der Waals surface area contributed by atoms with Crippen LogP contribution >= 0.6 is 22.7 Å². The molecule has 0 bridgehead atoms. The Bertz CT molecular complexity index is 2270. The number of thiophene rings is 2. The molecule has 0 radical (unpaired) electrons. The Morgan fingerprint density at radius 1 is 0.636 bits per heavy atom. The van der Waals surface area contributed by atoms with E-state index >= 15 is 0 Å². The summed E-state index contributed by atoms with van der Waals surface area (Å²) < 4.78 is 0. The van der Waals surface area contributed by atoms with Gasteiger partial charge < -0.3 is 0 Å². The highest BCUT2D eigenvalue weighted by Gasteiger charge is 2.23. The Hall–Kier alpha value is -4.60.